The molecule has 0 saturated carbocycles. The average Bonchev–Trinajstić information content (AvgIpc) is 3.15. The molecular weight excluding hydrogens is 340 g/mol. The summed E-state index contributed by atoms with van der Waals surface area (Å²) in [7, 11) is 2.00. The normalized spacial score (nSPS) is 11.2. The lowest BCUT2D eigenvalue weighted by molar-refractivity contribution is 0.948. The SMILES string of the molecule is Cn1cnc2ccc(-c3cn[nH]c3-c3ccc(Br)cc3)cc21. The second-order valence-corrected chi connectivity index (χ2v) is 6.14. The molecule has 1 N–H and O–H groups in total. The standard InChI is InChI=1S/C17H13BrN4/c1-22-10-19-15-7-4-12(8-16(15)22)14-9-20-21-17(14)11-2-5-13(18)6-3-11/h2-10H,1H3,(H,20,21). The second-order valence-electron chi connectivity index (χ2n) is 5.22. The Morgan fingerprint density at radius 1 is 1.05 bits per heavy atom. The zero-order valence-corrected chi connectivity index (χ0v) is 13.5. The highest BCUT2D eigenvalue weighted by Gasteiger charge is 2.11. The molecule has 22 heavy (non-hydrogen) atoms. The van der Waals surface area contributed by atoms with Gasteiger partial charge in [0.05, 0.1) is 29.3 Å². The molecule has 0 unspecified atom stereocenters. The molecule has 2 heterocycles. The summed E-state index contributed by atoms with van der Waals surface area (Å²) >= 11 is 3.47. The first kappa shape index (κ1) is 13.3. The lowest BCUT2D eigenvalue weighted by Crippen LogP contribution is -1.86. The molecular formula is C17H13BrN4. The molecule has 0 bridgehead atoms. The Morgan fingerprint density at radius 2 is 1.82 bits per heavy atom. The van der Waals surface area contributed by atoms with Crippen LogP contribution in [-0.4, -0.2) is 19.7 Å². The van der Waals surface area contributed by atoms with Gasteiger partial charge in [-0.1, -0.05) is 34.1 Å². The Balaban J connectivity index is 1.87. The summed E-state index contributed by atoms with van der Waals surface area (Å²) in [5.74, 6) is 0. The van der Waals surface area contributed by atoms with Crippen molar-refractivity contribution < 1.29 is 0 Å². The molecule has 0 aliphatic rings. The molecule has 2 aromatic heterocycles. The fraction of sp³-hybridized carbons (Fsp3) is 0.0588. The Hall–Kier alpha value is -2.40. The Labute approximate surface area is 135 Å². The first-order chi connectivity index (χ1) is 10.7. The van der Waals surface area contributed by atoms with Gasteiger partial charge < -0.3 is 4.57 Å². The molecule has 0 spiro atoms. The molecule has 4 nitrogen and oxygen atoms in total. The van der Waals surface area contributed by atoms with Crippen LogP contribution in [0.25, 0.3) is 33.4 Å². The molecule has 0 saturated heterocycles. The molecule has 0 aliphatic carbocycles. The summed E-state index contributed by atoms with van der Waals surface area (Å²) in [6.45, 7) is 0. The maximum Gasteiger partial charge on any atom is 0.0955 e. The van der Waals surface area contributed by atoms with E-state index in [-0.39, 0.29) is 0 Å². The van der Waals surface area contributed by atoms with E-state index in [0.717, 1.165) is 37.9 Å². The van der Waals surface area contributed by atoms with E-state index in [4.69, 9.17) is 0 Å². The number of nitrogens with zero attached hydrogens (tertiary/aromatic N) is 3. The molecule has 4 rings (SSSR count). The largest absolute Gasteiger partial charge is 0.334 e. The number of aromatic nitrogens is 4. The number of rotatable bonds is 2. The predicted molar refractivity (Wildman–Crippen MR) is 91.4 cm³/mol. The van der Waals surface area contributed by atoms with Gasteiger partial charge in [0.15, 0.2) is 0 Å². The number of benzene rings is 2. The van der Waals surface area contributed by atoms with Gasteiger partial charge in [0, 0.05) is 22.6 Å². The van der Waals surface area contributed by atoms with Crippen molar-refractivity contribution in [3.05, 3.63) is 59.5 Å². The van der Waals surface area contributed by atoms with E-state index in [2.05, 4.69) is 55.4 Å². The summed E-state index contributed by atoms with van der Waals surface area (Å²) in [4.78, 5) is 4.37. The number of nitrogens with one attached hydrogen (secondary N) is 1. The lowest BCUT2D eigenvalue weighted by atomic mass is 10.0. The van der Waals surface area contributed by atoms with Gasteiger partial charge in [0.2, 0.25) is 0 Å². The van der Waals surface area contributed by atoms with Crippen LogP contribution in [0.15, 0.2) is 59.5 Å². The lowest BCUT2D eigenvalue weighted by Gasteiger charge is -2.05. The molecule has 2 aromatic carbocycles. The van der Waals surface area contributed by atoms with Crippen LogP contribution in [0.2, 0.25) is 0 Å². The van der Waals surface area contributed by atoms with Crippen molar-refractivity contribution in [1.82, 2.24) is 19.7 Å². The maximum atomic E-state index is 4.37. The third-order valence-electron chi connectivity index (χ3n) is 3.81. The third kappa shape index (κ3) is 2.14. The van der Waals surface area contributed by atoms with E-state index in [1.54, 1.807) is 0 Å². The summed E-state index contributed by atoms with van der Waals surface area (Å²) in [5.41, 5.74) is 6.46. The monoisotopic (exact) mass is 352 g/mol. The molecule has 0 radical (unpaired) electrons. The van der Waals surface area contributed by atoms with Crippen molar-refractivity contribution in [2.75, 3.05) is 0 Å². The van der Waals surface area contributed by atoms with Crippen LogP contribution < -0.4 is 0 Å². The van der Waals surface area contributed by atoms with E-state index in [9.17, 15) is 0 Å². The highest BCUT2D eigenvalue weighted by atomic mass is 79.9. The van der Waals surface area contributed by atoms with E-state index < -0.39 is 0 Å². The third-order valence-corrected chi connectivity index (χ3v) is 4.34. The second kappa shape index (κ2) is 5.10. The van der Waals surface area contributed by atoms with Crippen molar-refractivity contribution in [3.8, 4) is 22.4 Å². The number of halogens is 1. The molecule has 5 heteroatoms. The van der Waals surface area contributed by atoms with E-state index in [1.807, 2.05) is 42.3 Å². The van der Waals surface area contributed by atoms with E-state index >= 15 is 0 Å². The maximum absolute atomic E-state index is 4.37. The molecule has 0 fully saturated rings. The minimum atomic E-state index is 1.000. The number of H-pyrrole nitrogens is 1. The Kier molecular flexibility index (Phi) is 3.08. The van der Waals surface area contributed by atoms with Crippen molar-refractivity contribution in [1.29, 1.82) is 0 Å². The first-order valence-corrected chi connectivity index (χ1v) is 7.72. The van der Waals surface area contributed by atoms with Crippen LogP contribution in [0, 0.1) is 0 Å². The van der Waals surface area contributed by atoms with Crippen LogP contribution in [0.1, 0.15) is 0 Å². The fourth-order valence-corrected chi connectivity index (χ4v) is 2.90. The van der Waals surface area contributed by atoms with Crippen LogP contribution in [0.4, 0.5) is 0 Å². The number of aromatic amines is 1. The molecule has 0 atom stereocenters. The Bertz CT molecular complexity index is 950. The molecule has 4 aromatic rings. The number of imidazole rings is 1. The highest BCUT2D eigenvalue weighted by molar-refractivity contribution is 9.10. The summed E-state index contributed by atoms with van der Waals surface area (Å²) in [6, 6.07) is 14.5. The minimum absolute atomic E-state index is 1.000. The summed E-state index contributed by atoms with van der Waals surface area (Å²) in [6.07, 6.45) is 3.70. The highest BCUT2D eigenvalue weighted by Crippen LogP contribution is 2.32. The number of aryl methyl sites for hydroxylation is 1. The topological polar surface area (TPSA) is 46.5 Å². The van der Waals surface area contributed by atoms with Crippen LogP contribution >= 0.6 is 15.9 Å². The van der Waals surface area contributed by atoms with E-state index in [1.165, 1.54) is 0 Å². The quantitative estimate of drug-likeness (QED) is 0.581. The molecule has 0 amide bonds. The number of fused-ring (bicyclic) bond motifs is 1. The van der Waals surface area contributed by atoms with Gasteiger partial charge in [-0.25, -0.2) is 4.98 Å². The number of hydrogen-bond donors (Lipinski definition) is 1. The fourth-order valence-electron chi connectivity index (χ4n) is 2.64. The van der Waals surface area contributed by atoms with Gasteiger partial charge in [0.25, 0.3) is 0 Å². The van der Waals surface area contributed by atoms with Crippen molar-refractivity contribution in [3.63, 3.8) is 0 Å². The molecule has 0 aliphatic heterocycles. The average molecular weight is 353 g/mol. The zero-order valence-electron chi connectivity index (χ0n) is 11.9. The van der Waals surface area contributed by atoms with Crippen molar-refractivity contribution in [2.24, 2.45) is 7.05 Å². The van der Waals surface area contributed by atoms with Gasteiger partial charge in [-0.15, -0.1) is 0 Å². The van der Waals surface area contributed by atoms with Gasteiger partial charge in [-0.3, -0.25) is 5.10 Å². The number of hydrogen-bond acceptors (Lipinski definition) is 2. The van der Waals surface area contributed by atoms with Crippen molar-refractivity contribution in [2.45, 2.75) is 0 Å². The first-order valence-electron chi connectivity index (χ1n) is 6.93. The Morgan fingerprint density at radius 3 is 2.64 bits per heavy atom. The summed E-state index contributed by atoms with van der Waals surface area (Å²) < 4.78 is 3.09. The van der Waals surface area contributed by atoms with Gasteiger partial charge in [-0.2, -0.15) is 5.10 Å². The van der Waals surface area contributed by atoms with E-state index in [0.29, 0.717) is 0 Å². The van der Waals surface area contributed by atoms with Gasteiger partial charge >= 0.3 is 0 Å². The summed E-state index contributed by atoms with van der Waals surface area (Å²) in [5, 5.41) is 7.34. The van der Waals surface area contributed by atoms with Crippen LogP contribution in [0.3, 0.4) is 0 Å². The minimum Gasteiger partial charge on any atom is -0.334 e. The van der Waals surface area contributed by atoms with Crippen LogP contribution in [-0.2, 0) is 7.05 Å². The van der Waals surface area contributed by atoms with Gasteiger partial charge in [-0.05, 0) is 29.8 Å². The smallest absolute Gasteiger partial charge is 0.0955 e. The predicted octanol–water partition coefficient (Wildman–Crippen LogP) is 4.39. The van der Waals surface area contributed by atoms with Crippen LogP contribution in [0.5, 0.6) is 0 Å². The van der Waals surface area contributed by atoms with Gasteiger partial charge in [0.1, 0.15) is 0 Å². The zero-order chi connectivity index (χ0) is 15.1. The van der Waals surface area contributed by atoms with Crippen molar-refractivity contribution >= 4 is 27.0 Å². The molecule has 108 valence electrons.